The van der Waals surface area contributed by atoms with Gasteiger partial charge in [0.2, 0.25) is 0 Å². The molecule has 0 aliphatic heterocycles. The average Bonchev–Trinajstić information content (AvgIpc) is 2.91. The number of benzene rings is 4. The van der Waals surface area contributed by atoms with E-state index in [0.717, 1.165) is 30.5 Å². The number of carbonyl (C=O) groups is 2. The zero-order valence-electron chi connectivity index (χ0n) is 20.8. The lowest BCUT2D eigenvalue weighted by atomic mass is 10.1. The Bertz CT molecular complexity index is 2020. The number of phenolic OH excluding ortho intramolecular Hbond substituents is 1. The molecule has 15 heteroatoms. The Morgan fingerprint density at radius 1 is 0.829 bits per heavy atom. The van der Waals surface area contributed by atoms with Crippen LogP contribution in [0.3, 0.4) is 0 Å². The average molecular weight is 595 g/mol. The Balaban J connectivity index is 1.84. The molecule has 0 radical (unpaired) electrons. The van der Waals surface area contributed by atoms with E-state index < -0.39 is 47.8 Å². The van der Waals surface area contributed by atoms with Crippen molar-refractivity contribution in [1.82, 2.24) is 0 Å². The van der Waals surface area contributed by atoms with Crippen LogP contribution in [0.1, 0.15) is 26.3 Å². The standard InChI is InChI=1S/C26H18N4O9S2/c1-40(36,37)17-5-6-20(16(12-17)13-27)28-29-21-7-8-23(31)19-3-2-4-22(24(19)21)30-41(38,39)18-10-14(25(32)33)9-15(11-18)26(34)35/h2-12,30-31H,1H3,(H,32,33)(H,34,35). The highest BCUT2D eigenvalue weighted by Gasteiger charge is 2.22. The van der Waals surface area contributed by atoms with Gasteiger partial charge in [-0.3, -0.25) is 4.72 Å². The van der Waals surface area contributed by atoms with E-state index in [0.29, 0.717) is 0 Å². The van der Waals surface area contributed by atoms with Crippen LogP contribution >= 0.6 is 0 Å². The van der Waals surface area contributed by atoms with Crippen LogP contribution in [-0.2, 0) is 19.9 Å². The van der Waals surface area contributed by atoms with Crippen molar-refractivity contribution in [2.24, 2.45) is 10.2 Å². The molecule has 0 amide bonds. The third kappa shape index (κ3) is 5.98. The summed E-state index contributed by atoms with van der Waals surface area (Å²) in [5, 5.41) is 46.9. The van der Waals surface area contributed by atoms with Gasteiger partial charge in [0.25, 0.3) is 10.0 Å². The van der Waals surface area contributed by atoms with Crippen molar-refractivity contribution in [2.45, 2.75) is 9.79 Å². The van der Waals surface area contributed by atoms with E-state index in [1.54, 1.807) is 0 Å². The number of aromatic carboxylic acids is 2. The molecular formula is C26H18N4O9S2. The van der Waals surface area contributed by atoms with Gasteiger partial charge in [0.15, 0.2) is 9.84 Å². The Hall–Kier alpha value is -5.33. The molecule has 0 heterocycles. The zero-order chi connectivity index (χ0) is 30.1. The van der Waals surface area contributed by atoms with Gasteiger partial charge >= 0.3 is 11.9 Å². The topological polar surface area (TPSA) is 224 Å². The summed E-state index contributed by atoms with van der Waals surface area (Å²) in [7, 11) is -8.17. The van der Waals surface area contributed by atoms with Crippen molar-refractivity contribution >= 4 is 59.6 Å². The molecule has 4 aromatic carbocycles. The van der Waals surface area contributed by atoms with Gasteiger partial charge in [0, 0.05) is 17.0 Å². The second kappa shape index (κ2) is 10.7. The first-order valence-corrected chi connectivity index (χ1v) is 14.6. The van der Waals surface area contributed by atoms with E-state index in [1.807, 2.05) is 6.07 Å². The van der Waals surface area contributed by atoms with Gasteiger partial charge in [-0.15, -0.1) is 10.2 Å². The predicted octanol–water partition coefficient (Wildman–Crippen LogP) is 4.43. The maximum absolute atomic E-state index is 13.3. The van der Waals surface area contributed by atoms with E-state index in [9.17, 15) is 47.0 Å². The first-order valence-electron chi connectivity index (χ1n) is 11.3. The lowest BCUT2D eigenvalue weighted by Gasteiger charge is -2.14. The van der Waals surface area contributed by atoms with Gasteiger partial charge in [-0.1, -0.05) is 12.1 Å². The van der Waals surface area contributed by atoms with E-state index >= 15 is 0 Å². The molecule has 0 aliphatic rings. The molecule has 4 rings (SSSR count). The van der Waals surface area contributed by atoms with E-state index in [4.69, 9.17) is 0 Å². The normalized spacial score (nSPS) is 11.8. The number of nitrogens with one attached hydrogen (secondary N) is 1. The molecule has 0 fully saturated rings. The van der Waals surface area contributed by atoms with Crippen LogP contribution in [0.25, 0.3) is 10.8 Å². The lowest BCUT2D eigenvalue weighted by molar-refractivity contribution is 0.0696. The van der Waals surface area contributed by atoms with Crippen LogP contribution in [0.5, 0.6) is 5.75 Å². The first-order chi connectivity index (χ1) is 19.2. The summed E-state index contributed by atoms with van der Waals surface area (Å²) in [6.07, 6.45) is 0.982. The van der Waals surface area contributed by atoms with Crippen molar-refractivity contribution in [2.75, 3.05) is 11.0 Å². The Labute approximate surface area is 232 Å². The Morgan fingerprint density at radius 3 is 2.02 bits per heavy atom. The summed E-state index contributed by atoms with van der Waals surface area (Å²) in [6.45, 7) is 0. The van der Waals surface area contributed by atoms with Crippen molar-refractivity contribution < 1.29 is 41.7 Å². The number of rotatable bonds is 8. The van der Waals surface area contributed by atoms with Gasteiger partial charge < -0.3 is 15.3 Å². The minimum Gasteiger partial charge on any atom is -0.507 e. The monoisotopic (exact) mass is 594 g/mol. The number of carboxylic acid groups (broad SMARTS) is 2. The summed E-state index contributed by atoms with van der Waals surface area (Å²) < 4.78 is 52.5. The number of fused-ring (bicyclic) bond motifs is 1. The van der Waals surface area contributed by atoms with Crippen molar-refractivity contribution in [3.63, 3.8) is 0 Å². The van der Waals surface area contributed by atoms with Gasteiger partial charge in [-0.05, 0) is 54.6 Å². The number of azo groups is 1. The molecule has 0 aliphatic carbocycles. The molecular weight excluding hydrogens is 576 g/mol. The van der Waals surface area contributed by atoms with E-state index in [-0.39, 0.29) is 44.0 Å². The third-order valence-electron chi connectivity index (χ3n) is 5.73. The van der Waals surface area contributed by atoms with Crippen molar-refractivity contribution in [3.05, 3.63) is 83.4 Å². The maximum Gasteiger partial charge on any atom is 0.335 e. The number of aromatic hydroxyl groups is 1. The number of hydrogen-bond donors (Lipinski definition) is 4. The minimum absolute atomic E-state index is 0.0193. The molecule has 0 atom stereocenters. The molecule has 41 heavy (non-hydrogen) atoms. The Morgan fingerprint density at radius 2 is 1.44 bits per heavy atom. The lowest BCUT2D eigenvalue weighted by Crippen LogP contribution is -2.15. The molecule has 0 saturated heterocycles. The van der Waals surface area contributed by atoms with Crippen molar-refractivity contribution in [3.8, 4) is 11.8 Å². The van der Waals surface area contributed by atoms with Gasteiger partial charge in [0.05, 0.1) is 37.9 Å². The maximum atomic E-state index is 13.3. The third-order valence-corrected chi connectivity index (χ3v) is 8.19. The molecule has 0 bridgehead atoms. The van der Waals surface area contributed by atoms with Crippen LogP contribution in [0, 0.1) is 11.3 Å². The molecule has 13 nitrogen and oxygen atoms in total. The quantitative estimate of drug-likeness (QED) is 0.210. The van der Waals surface area contributed by atoms with Gasteiger partial charge in [0.1, 0.15) is 17.5 Å². The number of phenols is 1. The number of sulfone groups is 1. The number of nitriles is 1. The number of anilines is 1. The summed E-state index contributed by atoms with van der Waals surface area (Å²) >= 11 is 0. The molecule has 0 unspecified atom stereocenters. The van der Waals surface area contributed by atoms with Gasteiger partial charge in [-0.2, -0.15) is 5.26 Å². The molecule has 4 aromatic rings. The fourth-order valence-corrected chi connectivity index (χ4v) is 5.57. The van der Waals surface area contributed by atoms with Gasteiger partial charge in [-0.25, -0.2) is 26.4 Å². The fraction of sp³-hybridized carbons (Fsp3) is 0.0385. The second-order valence-electron chi connectivity index (χ2n) is 8.56. The van der Waals surface area contributed by atoms with Crippen LogP contribution < -0.4 is 4.72 Å². The minimum atomic E-state index is -4.57. The Kier molecular flexibility index (Phi) is 7.47. The molecule has 208 valence electrons. The number of hydrogen-bond acceptors (Lipinski definition) is 10. The number of nitrogens with zero attached hydrogens (tertiary/aromatic N) is 3. The predicted molar refractivity (Wildman–Crippen MR) is 145 cm³/mol. The van der Waals surface area contributed by atoms with E-state index in [2.05, 4.69) is 15.0 Å². The largest absolute Gasteiger partial charge is 0.507 e. The first kappa shape index (κ1) is 28.7. The van der Waals surface area contributed by atoms with Crippen molar-refractivity contribution in [1.29, 1.82) is 5.26 Å². The summed E-state index contributed by atoms with van der Waals surface area (Å²) in [6, 6.07) is 14.7. The summed E-state index contributed by atoms with van der Waals surface area (Å²) in [5.74, 6) is -3.32. The zero-order valence-corrected chi connectivity index (χ0v) is 22.4. The van der Waals surface area contributed by atoms with Crippen LogP contribution in [0.2, 0.25) is 0 Å². The summed E-state index contributed by atoms with van der Waals surface area (Å²) in [5.41, 5.74) is -1.27. The van der Waals surface area contributed by atoms with E-state index in [1.165, 1.54) is 42.5 Å². The highest BCUT2D eigenvalue weighted by molar-refractivity contribution is 7.92. The number of carboxylic acids is 2. The molecule has 0 aromatic heterocycles. The SMILES string of the molecule is CS(=O)(=O)c1ccc(N=Nc2ccc(O)c3cccc(NS(=O)(=O)c4cc(C(=O)O)cc(C(=O)O)c4)c23)c(C#N)c1. The number of sulfonamides is 1. The molecule has 0 saturated carbocycles. The highest BCUT2D eigenvalue weighted by atomic mass is 32.2. The second-order valence-corrected chi connectivity index (χ2v) is 12.3. The summed E-state index contributed by atoms with van der Waals surface area (Å²) in [4.78, 5) is 22.2. The van der Waals surface area contributed by atoms with Crippen LogP contribution in [-0.4, -0.2) is 50.3 Å². The fourth-order valence-electron chi connectivity index (χ4n) is 3.78. The van der Waals surface area contributed by atoms with Crippen LogP contribution in [0.4, 0.5) is 17.1 Å². The molecule has 0 spiro atoms. The highest BCUT2D eigenvalue weighted by Crippen LogP contribution is 2.39. The van der Waals surface area contributed by atoms with Crippen LogP contribution in [0.15, 0.2) is 86.7 Å². The molecule has 4 N–H and O–H groups in total. The smallest absolute Gasteiger partial charge is 0.335 e.